The highest BCUT2D eigenvalue weighted by molar-refractivity contribution is 7.99. The lowest BCUT2D eigenvalue weighted by Crippen LogP contribution is -2.12. The van der Waals surface area contributed by atoms with Crippen molar-refractivity contribution in [1.29, 1.82) is 0 Å². The summed E-state index contributed by atoms with van der Waals surface area (Å²) >= 11 is 1.42. The van der Waals surface area contributed by atoms with E-state index in [9.17, 15) is 8.42 Å². The summed E-state index contributed by atoms with van der Waals surface area (Å²) < 4.78 is 22.8. The fourth-order valence-electron chi connectivity index (χ4n) is 1.83. The fourth-order valence-corrected chi connectivity index (χ4v) is 3.34. The van der Waals surface area contributed by atoms with Gasteiger partial charge in [0, 0.05) is 15.5 Å². The molecule has 0 heterocycles. The molecular formula is C15H18N2O2S2. The van der Waals surface area contributed by atoms with Gasteiger partial charge in [-0.25, -0.2) is 13.6 Å². The summed E-state index contributed by atoms with van der Waals surface area (Å²) in [6.45, 7) is 4.27. The SMILES string of the molecule is CC(C)c1ccc(Sc2cc(S(N)(=O)=O)ccc2N)cc1. The third kappa shape index (κ3) is 4.00. The van der Waals surface area contributed by atoms with Gasteiger partial charge in [-0.05, 0) is 41.8 Å². The minimum Gasteiger partial charge on any atom is -0.398 e. The van der Waals surface area contributed by atoms with Crippen LogP contribution in [-0.4, -0.2) is 8.42 Å². The Morgan fingerprint density at radius 1 is 1.05 bits per heavy atom. The highest BCUT2D eigenvalue weighted by Gasteiger charge is 2.11. The Balaban J connectivity index is 2.30. The number of hydrogen-bond acceptors (Lipinski definition) is 4. The van der Waals surface area contributed by atoms with Gasteiger partial charge >= 0.3 is 0 Å². The molecule has 0 aromatic heterocycles. The van der Waals surface area contributed by atoms with Crippen molar-refractivity contribution in [2.75, 3.05) is 5.73 Å². The van der Waals surface area contributed by atoms with E-state index in [4.69, 9.17) is 10.9 Å². The van der Waals surface area contributed by atoms with E-state index in [0.717, 1.165) is 4.90 Å². The number of nitrogens with two attached hydrogens (primary N) is 2. The number of nitrogen functional groups attached to an aromatic ring is 1. The Hall–Kier alpha value is -1.50. The van der Waals surface area contributed by atoms with E-state index in [1.54, 1.807) is 6.07 Å². The average Bonchev–Trinajstić information content (AvgIpc) is 2.40. The van der Waals surface area contributed by atoms with Gasteiger partial charge in [-0.2, -0.15) is 0 Å². The molecule has 0 fully saturated rings. The van der Waals surface area contributed by atoms with E-state index < -0.39 is 10.0 Å². The molecule has 0 saturated heterocycles. The normalized spacial score (nSPS) is 11.8. The maximum Gasteiger partial charge on any atom is 0.238 e. The quantitative estimate of drug-likeness (QED) is 0.846. The summed E-state index contributed by atoms with van der Waals surface area (Å²) in [7, 11) is -3.72. The summed E-state index contributed by atoms with van der Waals surface area (Å²) in [4.78, 5) is 1.74. The van der Waals surface area contributed by atoms with Gasteiger partial charge in [0.25, 0.3) is 0 Å². The van der Waals surface area contributed by atoms with Gasteiger partial charge in [0.05, 0.1) is 4.90 Å². The van der Waals surface area contributed by atoms with Crippen LogP contribution in [0.25, 0.3) is 0 Å². The van der Waals surface area contributed by atoms with E-state index in [1.165, 1.54) is 29.5 Å². The van der Waals surface area contributed by atoms with Crippen molar-refractivity contribution < 1.29 is 8.42 Å². The minimum absolute atomic E-state index is 0.0676. The van der Waals surface area contributed by atoms with Crippen molar-refractivity contribution in [3.8, 4) is 0 Å². The van der Waals surface area contributed by atoms with Crippen molar-refractivity contribution in [2.24, 2.45) is 5.14 Å². The maximum atomic E-state index is 11.4. The molecule has 0 amide bonds. The zero-order valence-electron chi connectivity index (χ0n) is 11.9. The smallest absolute Gasteiger partial charge is 0.238 e. The van der Waals surface area contributed by atoms with Crippen molar-refractivity contribution in [3.05, 3.63) is 48.0 Å². The number of primary sulfonamides is 1. The lowest BCUT2D eigenvalue weighted by molar-refractivity contribution is 0.597. The summed E-state index contributed by atoms with van der Waals surface area (Å²) in [5.41, 5.74) is 7.69. The Morgan fingerprint density at radius 3 is 2.19 bits per heavy atom. The number of rotatable bonds is 4. The first-order chi connectivity index (χ1) is 9.77. The molecule has 6 heteroatoms. The van der Waals surface area contributed by atoms with Crippen LogP contribution >= 0.6 is 11.8 Å². The van der Waals surface area contributed by atoms with Crippen LogP contribution in [0.4, 0.5) is 5.69 Å². The first-order valence-electron chi connectivity index (χ1n) is 6.47. The van der Waals surface area contributed by atoms with Gasteiger partial charge < -0.3 is 5.73 Å². The highest BCUT2D eigenvalue weighted by atomic mass is 32.2. The van der Waals surface area contributed by atoms with Crippen LogP contribution in [-0.2, 0) is 10.0 Å². The Labute approximate surface area is 129 Å². The lowest BCUT2D eigenvalue weighted by Gasteiger charge is -2.09. The number of sulfonamides is 1. The second-order valence-electron chi connectivity index (χ2n) is 5.07. The summed E-state index contributed by atoms with van der Waals surface area (Å²) in [5.74, 6) is 0.472. The van der Waals surface area contributed by atoms with E-state index in [0.29, 0.717) is 16.5 Å². The average molecular weight is 322 g/mol. The molecule has 0 radical (unpaired) electrons. The van der Waals surface area contributed by atoms with Gasteiger partial charge in [-0.3, -0.25) is 0 Å². The minimum atomic E-state index is -3.72. The zero-order chi connectivity index (χ0) is 15.6. The fraction of sp³-hybridized carbons (Fsp3) is 0.200. The van der Waals surface area contributed by atoms with Crippen LogP contribution in [0.1, 0.15) is 25.3 Å². The first kappa shape index (κ1) is 15.9. The molecule has 2 rings (SSSR count). The largest absolute Gasteiger partial charge is 0.398 e. The predicted octanol–water partition coefficient (Wildman–Crippen LogP) is 3.19. The van der Waals surface area contributed by atoms with Gasteiger partial charge in [0.1, 0.15) is 0 Å². The summed E-state index contributed by atoms with van der Waals surface area (Å²) in [5, 5.41) is 5.14. The zero-order valence-corrected chi connectivity index (χ0v) is 13.5. The van der Waals surface area contributed by atoms with E-state index in [-0.39, 0.29) is 4.90 Å². The van der Waals surface area contributed by atoms with Crippen molar-refractivity contribution in [1.82, 2.24) is 0 Å². The van der Waals surface area contributed by atoms with Crippen LogP contribution in [0, 0.1) is 0 Å². The molecule has 2 aromatic carbocycles. The number of anilines is 1. The molecule has 0 spiro atoms. The van der Waals surface area contributed by atoms with Gasteiger partial charge in [0.15, 0.2) is 0 Å². The van der Waals surface area contributed by atoms with Crippen molar-refractivity contribution in [2.45, 2.75) is 34.5 Å². The van der Waals surface area contributed by atoms with E-state index in [1.807, 2.05) is 12.1 Å². The number of hydrogen-bond donors (Lipinski definition) is 2. The van der Waals surface area contributed by atoms with E-state index >= 15 is 0 Å². The molecule has 0 saturated carbocycles. The monoisotopic (exact) mass is 322 g/mol. The molecule has 0 aliphatic heterocycles. The summed E-state index contributed by atoms with van der Waals surface area (Å²) in [6.07, 6.45) is 0. The molecule has 21 heavy (non-hydrogen) atoms. The second kappa shape index (κ2) is 6.09. The first-order valence-corrected chi connectivity index (χ1v) is 8.84. The predicted molar refractivity (Wildman–Crippen MR) is 86.9 cm³/mol. The third-order valence-corrected chi connectivity index (χ3v) is 5.08. The topological polar surface area (TPSA) is 86.2 Å². The molecule has 0 aliphatic rings. The molecule has 4 N–H and O–H groups in total. The molecule has 4 nitrogen and oxygen atoms in total. The van der Waals surface area contributed by atoms with Crippen LogP contribution in [0.5, 0.6) is 0 Å². The summed E-state index contributed by atoms with van der Waals surface area (Å²) in [6, 6.07) is 12.6. The second-order valence-corrected chi connectivity index (χ2v) is 7.75. The van der Waals surface area contributed by atoms with Crippen LogP contribution in [0.2, 0.25) is 0 Å². The van der Waals surface area contributed by atoms with Gasteiger partial charge in [0.2, 0.25) is 10.0 Å². The maximum absolute atomic E-state index is 11.4. The molecule has 112 valence electrons. The molecule has 0 bridgehead atoms. The molecule has 0 unspecified atom stereocenters. The van der Waals surface area contributed by atoms with Crippen molar-refractivity contribution >= 4 is 27.5 Å². The Morgan fingerprint density at radius 2 is 1.67 bits per heavy atom. The molecule has 0 aliphatic carbocycles. The van der Waals surface area contributed by atoms with Gasteiger partial charge in [-0.15, -0.1) is 0 Å². The van der Waals surface area contributed by atoms with E-state index in [2.05, 4.69) is 26.0 Å². The molecule has 0 atom stereocenters. The third-order valence-electron chi connectivity index (χ3n) is 3.09. The van der Waals surface area contributed by atoms with Crippen LogP contribution < -0.4 is 10.9 Å². The van der Waals surface area contributed by atoms with Crippen LogP contribution in [0.15, 0.2) is 57.2 Å². The van der Waals surface area contributed by atoms with Crippen molar-refractivity contribution in [3.63, 3.8) is 0 Å². The lowest BCUT2D eigenvalue weighted by atomic mass is 10.0. The molecular weight excluding hydrogens is 304 g/mol. The molecule has 2 aromatic rings. The Kier molecular flexibility index (Phi) is 4.61. The standard InChI is InChI=1S/C15H18N2O2S2/c1-10(2)11-3-5-12(6-4-11)20-15-9-13(21(17,18)19)7-8-14(15)16/h3-10H,16H2,1-2H3,(H2,17,18,19). The van der Waals surface area contributed by atoms with Crippen LogP contribution in [0.3, 0.4) is 0 Å². The van der Waals surface area contributed by atoms with Gasteiger partial charge in [-0.1, -0.05) is 37.7 Å². The highest BCUT2D eigenvalue weighted by Crippen LogP contribution is 2.34. The Bertz CT molecular complexity index is 739. The number of benzene rings is 2.